The summed E-state index contributed by atoms with van der Waals surface area (Å²) in [5.74, 6) is -0.0144. The van der Waals surface area contributed by atoms with Crippen LogP contribution in [0.25, 0.3) is 0 Å². The molecule has 1 aromatic heterocycles. The number of hydrogen-bond acceptors (Lipinski definition) is 5. The Balaban J connectivity index is 2.37. The Kier molecular flexibility index (Phi) is 3.63. The average Bonchev–Trinajstić information content (AvgIpc) is 2.29. The predicted molar refractivity (Wildman–Crippen MR) is 71.5 cm³/mol. The molecule has 0 unspecified atom stereocenters. The molecule has 0 fully saturated rings. The van der Waals surface area contributed by atoms with E-state index in [1.54, 1.807) is 18.2 Å². The van der Waals surface area contributed by atoms with Crippen molar-refractivity contribution in [1.29, 1.82) is 0 Å². The van der Waals surface area contributed by atoms with Crippen molar-refractivity contribution in [2.45, 2.75) is 10.6 Å². The largest absolute Gasteiger partial charge is 0.398 e. The molecule has 0 aliphatic heterocycles. The van der Waals surface area contributed by atoms with Crippen LogP contribution in [0.2, 0.25) is 0 Å². The van der Waals surface area contributed by atoms with Gasteiger partial charge in [-0.1, -0.05) is 15.9 Å². The molecule has 2 rings (SSSR count). The number of rotatable bonds is 3. The van der Waals surface area contributed by atoms with Gasteiger partial charge in [0.1, 0.15) is 11.6 Å². The van der Waals surface area contributed by atoms with Crippen LogP contribution in [0.4, 0.5) is 5.69 Å². The number of nitrogen functional groups attached to an aromatic ring is 1. The Labute approximate surface area is 113 Å². The van der Waals surface area contributed by atoms with Crippen molar-refractivity contribution < 1.29 is 8.42 Å². The van der Waals surface area contributed by atoms with Crippen LogP contribution in [0.1, 0.15) is 5.82 Å². The summed E-state index contributed by atoms with van der Waals surface area (Å²) >= 11 is 3.23. The summed E-state index contributed by atoms with van der Waals surface area (Å²) in [6.45, 7) is 0. The molecule has 0 atom stereocenters. The van der Waals surface area contributed by atoms with Crippen molar-refractivity contribution in [3.05, 3.63) is 47.0 Å². The lowest BCUT2D eigenvalue weighted by atomic mass is 10.3. The van der Waals surface area contributed by atoms with Crippen molar-refractivity contribution in [3.8, 4) is 0 Å². The molecular weight excluding hydrogens is 318 g/mol. The molecule has 7 heteroatoms. The van der Waals surface area contributed by atoms with E-state index in [1.807, 2.05) is 0 Å². The molecule has 5 nitrogen and oxygen atoms in total. The smallest absolute Gasteiger partial charge is 0.187 e. The zero-order valence-electron chi connectivity index (χ0n) is 9.25. The summed E-state index contributed by atoms with van der Waals surface area (Å²) in [4.78, 5) is 7.89. The zero-order valence-corrected chi connectivity index (χ0v) is 11.6. The first-order chi connectivity index (χ1) is 8.49. The summed E-state index contributed by atoms with van der Waals surface area (Å²) in [6.07, 6.45) is 3.01. The summed E-state index contributed by atoms with van der Waals surface area (Å²) in [5.41, 5.74) is 5.92. The van der Waals surface area contributed by atoms with Crippen LogP contribution in [-0.4, -0.2) is 18.4 Å². The highest BCUT2D eigenvalue weighted by atomic mass is 79.9. The van der Waals surface area contributed by atoms with Crippen LogP contribution in [-0.2, 0) is 15.6 Å². The lowest BCUT2D eigenvalue weighted by Gasteiger charge is -2.07. The molecule has 1 aromatic carbocycles. The van der Waals surface area contributed by atoms with Gasteiger partial charge in [0, 0.05) is 16.9 Å². The van der Waals surface area contributed by atoms with Crippen LogP contribution in [0.5, 0.6) is 0 Å². The zero-order chi connectivity index (χ0) is 13.2. The highest BCUT2D eigenvalue weighted by molar-refractivity contribution is 9.10. The van der Waals surface area contributed by atoms with Crippen molar-refractivity contribution in [3.63, 3.8) is 0 Å². The predicted octanol–water partition coefficient (Wildman–Crippen LogP) is 1.80. The van der Waals surface area contributed by atoms with E-state index in [9.17, 15) is 8.42 Å². The average molecular weight is 328 g/mol. The first-order valence-corrected chi connectivity index (χ1v) is 7.47. The molecule has 0 radical (unpaired) electrons. The van der Waals surface area contributed by atoms with E-state index in [-0.39, 0.29) is 22.2 Å². The Bertz CT molecular complexity index is 659. The van der Waals surface area contributed by atoms with E-state index >= 15 is 0 Å². The number of sulfone groups is 1. The summed E-state index contributed by atoms with van der Waals surface area (Å²) in [5, 5.41) is 0. The normalized spacial score (nSPS) is 11.4. The van der Waals surface area contributed by atoms with E-state index in [0.29, 0.717) is 0 Å². The topological polar surface area (TPSA) is 85.9 Å². The molecule has 0 amide bonds. The second kappa shape index (κ2) is 5.03. The number of benzene rings is 1. The first-order valence-electron chi connectivity index (χ1n) is 5.03. The van der Waals surface area contributed by atoms with Crippen LogP contribution in [0, 0.1) is 0 Å². The van der Waals surface area contributed by atoms with Crippen LogP contribution >= 0.6 is 15.9 Å². The van der Waals surface area contributed by atoms with Crippen LogP contribution in [0.3, 0.4) is 0 Å². The summed E-state index contributed by atoms with van der Waals surface area (Å²) in [7, 11) is -3.53. The molecule has 0 saturated carbocycles. The molecule has 94 valence electrons. The van der Waals surface area contributed by atoms with Crippen molar-refractivity contribution in [1.82, 2.24) is 9.97 Å². The highest BCUT2D eigenvalue weighted by Gasteiger charge is 2.19. The third-order valence-corrected chi connectivity index (χ3v) is 4.42. The van der Waals surface area contributed by atoms with Gasteiger partial charge in [-0.05, 0) is 24.3 Å². The molecule has 1 heterocycles. The van der Waals surface area contributed by atoms with Crippen LogP contribution < -0.4 is 5.73 Å². The minimum Gasteiger partial charge on any atom is -0.398 e. The minimum absolute atomic E-state index is 0.0955. The highest BCUT2D eigenvalue weighted by Crippen LogP contribution is 2.24. The van der Waals surface area contributed by atoms with E-state index in [0.717, 1.165) is 4.47 Å². The second-order valence-corrected chi connectivity index (χ2v) is 6.48. The number of anilines is 1. The molecule has 0 saturated heterocycles. The fraction of sp³-hybridized carbons (Fsp3) is 0.0909. The first kappa shape index (κ1) is 13.0. The van der Waals surface area contributed by atoms with Crippen molar-refractivity contribution >= 4 is 31.5 Å². The third-order valence-electron chi connectivity index (χ3n) is 2.25. The molecule has 0 spiro atoms. The van der Waals surface area contributed by atoms with Gasteiger partial charge in [-0.2, -0.15) is 0 Å². The van der Waals surface area contributed by atoms with Gasteiger partial charge in [-0.3, -0.25) is 0 Å². The van der Waals surface area contributed by atoms with Crippen molar-refractivity contribution in [2.75, 3.05) is 5.73 Å². The molecule has 0 aliphatic rings. The Morgan fingerprint density at radius 3 is 2.50 bits per heavy atom. The van der Waals surface area contributed by atoms with Gasteiger partial charge < -0.3 is 5.73 Å². The van der Waals surface area contributed by atoms with Gasteiger partial charge in [0.05, 0.1) is 10.6 Å². The number of hydrogen-bond donors (Lipinski definition) is 1. The van der Waals surface area contributed by atoms with Crippen LogP contribution in [0.15, 0.2) is 46.0 Å². The van der Waals surface area contributed by atoms with E-state index < -0.39 is 9.84 Å². The molecule has 2 aromatic rings. The number of halogens is 1. The fourth-order valence-electron chi connectivity index (χ4n) is 1.45. The summed E-state index contributed by atoms with van der Waals surface area (Å²) in [6, 6.07) is 6.29. The van der Waals surface area contributed by atoms with Gasteiger partial charge in [-0.25, -0.2) is 18.4 Å². The Morgan fingerprint density at radius 1 is 1.22 bits per heavy atom. The quantitative estimate of drug-likeness (QED) is 0.868. The standard InChI is InChI=1S/C11H10BrN3O2S/c12-8-2-3-10(9(13)6-8)18(16,17)7-11-14-4-1-5-15-11/h1-6H,7,13H2. The van der Waals surface area contributed by atoms with Crippen molar-refractivity contribution in [2.24, 2.45) is 0 Å². The number of aromatic nitrogens is 2. The molecular formula is C11H10BrN3O2S. The van der Waals surface area contributed by atoms with Gasteiger partial charge in [-0.15, -0.1) is 0 Å². The maximum atomic E-state index is 12.2. The van der Waals surface area contributed by atoms with E-state index in [2.05, 4.69) is 25.9 Å². The lowest BCUT2D eigenvalue weighted by Crippen LogP contribution is -2.10. The minimum atomic E-state index is -3.53. The van der Waals surface area contributed by atoms with Gasteiger partial charge in [0.2, 0.25) is 0 Å². The van der Waals surface area contributed by atoms with Gasteiger partial charge in [0.15, 0.2) is 9.84 Å². The fourth-order valence-corrected chi connectivity index (χ4v) is 3.17. The number of nitrogens with zero attached hydrogens (tertiary/aromatic N) is 2. The number of nitrogens with two attached hydrogens (primary N) is 1. The maximum absolute atomic E-state index is 12.2. The third kappa shape index (κ3) is 2.85. The summed E-state index contributed by atoms with van der Waals surface area (Å²) < 4.78 is 25.0. The van der Waals surface area contributed by atoms with Gasteiger partial charge in [0.25, 0.3) is 0 Å². The van der Waals surface area contributed by atoms with E-state index in [4.69, 9.17) is 5.73 Å². The maximum Gasteiger partial charge on any atom is 0.187 e. The molecule has 0 bridgehead atoms. The molecule has 18 heavy (non-hydrogen) atoms. The van der Waals surface area contributed by atoms with E-state index in [1.165, 1.54) is 18.5 Å². The lowest BCUT2D eigenvalue weighted by molar-refractivity contribution is 0.594. The molecule has 0 aliphatic carbocycles. The Morgan fingerprint density at radius 2 is 1.89 bits per heavy atom. The SMILES string of the molecule is Nc1cc(Br)ccc1S(=O)(=O)Cc1ncccn1. The second-order valence-electron chi connectivity index (χ2n) is 3.61. The monoisotopic (exact) mass is 327 g/mol. The Hall–Kier alpha value is -1.47. The molecule has 2 N–H and O–H groups in total. The van der Waals surface area contributed by atoms with Gasteiger partial charge >= 0.3 is 0 Å².